The molecule has 0 spiro atoms. The predicted octanol–water partition coefficient (Wildman–Crippen LogP) is 5.57. The number of para-hydroxylation sites is 1. The third-order valence-corrected chi connectivity index (χ3v) is 6.57. The van der Waals surface area contributed by atoms with Gasteiger partial charge in [-0.3, -0.25) is 9.71 Å². The maximum atomic E-state index is 12.8. The lowest BCUT2D eigenvalue weighted by Crippen LogP contribution is -2.12. The van der Waals surface area contributed by atoms with E-state index in [1.54, 1.807) is 48.8 Å². The van der Waals surface area contributed by atoms with Gasteiger partial charge in [0.2, 0.25) is 5.09 Å². The zero-order valence-corrected chi connectivity index (χ0v) is 16.9. The van der Waals surface area contributed by atoms with E-state index in [1.807, 2.05) is 18.2 Å². The van der Waals surface area contributed by atoms with Crippen LogP contribution < -0.4 is 4.72 Å². The van der Waals surface area contributed by atoms with Crippen LogP contribution in [0.25, 0.3) is 11.0 Å². The summed E-state index contributed by atoms with van der Waals surface area (Å²) < 4.78 is 33.8. The molecule has 0 saturated heterocycles. The Morgan fingerprint density at radius 3 is 2.71 bits per heavy atom. The van der Waals surface area contributed by atoms with Gasteiger partial charge in [0, 0.05) is 39.5 Å². The van der Waals surface area contributed by atoms with E-state index < -0.39 is 10.0 Å². The topological polar surface area (TPSA) is 72.2 Å². The number of hydrogen-bond acceptors (Lipinski definition) is 5. The molecule has 28 heavy (non-hydrogen) atoms. The van der Waals surface area contributed by atoms with Crippen LogP contribution in [0.2, 0.25) is 5.02 Å². The molecule has 0 aliphatic carbocycles. The highest BCUT2D eigenvalue weighted by Gasteiger charge is 2.21. The molecule has 4 aromatic rings. The van der Waals surface area contributed by atoms with Crippen molar-refractivity contribution >= 4 is 50.0 Å². The minimum absolute atomic E-state index is 0.142. The van der Waals surface area contributed by atoms with Gasteiger partial charge < -0.3 is 4.42 Å². The van der Waals surface area contributed by atoms with Crippen molar-refractivity contribution < 1.29 is 12.8 Å². The lowest BCUT2D eigenvalue weighted by atomic mass is 10.3. The summed E-state index contributed by atoms with van der Waals surface area (Å²) in [7, 11) is -3.90. The van der Waals surface area contributed by atoms with Gasteiger partial charge in [-0.05, 0) is 35.9 Å². The summed E-state index contributed by atoms with van der Waals surface area (Å²) >= 11 is 7.59. The number of furan rings is 1. The Morgan fingerprint density at radius 1 is 1.07 bits per heavy atom. The molecule has 0 amide bonds. The van der Waals surface area contributed by atoms with Gasteiger partial charge in [0.15, 0.2) is 0 Å². The fourth-order valence-corrected chi connectivity index (χ4v) is 4.84. The van der Waals surface area contributed by atoms with Crippen LogP contribution in [0.3, 0.4) is 0 Å². The van der Waals surface area contributed by atoms with Crippen molar-refractivity contribution in [1.29, 1.82) is 0 Å². The summed E-state index contributed by atoms with van der Waals surface area (Å²) in [5.74, 6) is 0.648. The van der Waals surface area contributed by atoms with Crippen LogP contribution in [0.1, 0.15) is 5.56 Å². The average molecular weight is 431 g/mol. The summed E-state index contributed by atoms with van der Waals surface area (Å²) in [6.45, 7) is 0. The molecule has 0 bridgehead atoms. The van der Waals surface area contributed by atoms with Gasteiger partial charge in [-0.15, -0.1) is 11.8 Å². The SMILES string of the molecule is O=S(=O)(Nc1cc(Cl)ccc1SCc1cccnc1)c1cc2ccccc2o1. The zero-order valence-electron chi connectivity index (χ0n) is 14.5. The molecule has 1 N–H and O–H groups in total. The van der Waals surface area contributed by atoms with E-state index >= 15 is 0 Å². The number of sulfonamides is 1. The van der Waals surface area contributed by atoms with Crippen molar-refractivity contribution in [2.24, 2.45) is 0 Å². The molecule has 0 saturated carbocycles. The maximum absolute atomic E-state index is 12.8. The van der Waals surface area contributed by atoms with Crippen molar-refractivity contribution in [2.45, 2.75) is 15.7 Å². The first-order valence-electron chi connectivity index (χ1n) is 8.34. The van der Waals surface area contributed by atoms with Crippen LogP contribution in [0, 0.1) is 0 Å². The number of nitrogens with zero attached hydrogens (tertiary/aromatic N) is 1. The molecule has 0 fully saturated rings. The van der Waals surface area contributed by atoms with Crippen molar-refractivity contribution in [3.8, 4) is 0 Å². The van der Waals surface area contributed by atoms with E-state index in [1.165, 1.54) is 17.8 Å². The highest BCUT2D eigenvalue weighted by molar-refractivity contribution is 7.98. The first-order chi connectivity index (χ1) is 13.5. The van der Waals surface area contributed by atoms with Gasteiger partial charge in [0.05, 0.1) is 5.69 Å². The second-order valence-electron chi connectivity index (χ2n) is 6.00. The summed E-state index contributed by atoms with van der Waals surface area (Å²) in [6.07, 6.45) is 3.49. The van der Waals surface area contributed by atoms with E-state index in [0.717, 1.165) is 15.8 Å². The van der Waals surface area contributed by atoms with Gasteiger partial charge in [-0.1, -0.05) is 35.9 Å². The van der Waals surface area contributed by atoms with Gasteiger partial charge in [-0.2, -0.15) is 8.42 Å². The zero-order chi connectivity index (χ0) is 19.6. The number of pyridine rings is 1. The Kier molecular flexibility index (Phi) is 5.30. The molecule has 142 valence electrons. The smallest absolute Gasteiger partial charge is 0.295 e. The number of nitrogens with one attached hydrogen (secondary N) is 1. The van der Waals surface area contributed by atoms with Gasteiger partial charge >= 0.3 is 0 Å². The Balaban J connectivity index is 1.61. The number of benzene rings is 2. The number of fused-ring (bicyclic) bond motifs is 1. The molecule has 2 aromatic heterocycles. The summed E-state index contributed by atoms with van der Waals surface area (Å²) in [4.78, 5) is 4.85. The Labute approximate surface area is 171 Å². The van der Waals surface area contributed by atoms with Gasteiger partial charge in [0.1, 0.15) is 5.58 Å². The number of halogens is 1. The normalized spacial score (nSPS) is 11.6. The minimum Gasteiger partial charge on any atom is -0.443 e. The lowest BCUT2D eigenvalue weighted by molar-refractivity contribution is 0.484. The van der Waals surface area contributed by atoms with E-state index in [4.69, 9.17) is 16.0 Å². The Bertz CT molecular complexity index is 1190. The molecule has 4 rings (SSSR count). The van der Waals surface area contributed by atoms with Gasteiger partial charge in [0.25, 0.3) is 10.0 Å². The standard InChI is InChI=1S/C20H15ClN2O3S2/c21-16-7-8-19(27-13-14-4-3-9-22-12-14)17(11-16)23-28(24,25)20-10-15-5-1-2-6-18(15)26-20/h1-12,23H,13H2. The number of aromatic nitrogens is 1. The molecular weight excluding hydrogens is 416 g/mol. The van der Waals surface area contributed by atoms with Crippen molar-refractivity contribution in [3.63, 3.8) is 0 Å². The highest BCUT2D eigenvalue weighted by atomic mass is 35.5. The molecule has 0 atom stereocenters. The number of thioether (sulfide) groups is 1. The van der Waals surface area contributed by atoms with Crippen LogP contribution in [0.4, 0.5) is 5.69 Å². The van der Waals surface area contributed by atoms with Gasteiger partial charge in [-0.25, -0.2) is 0 Å². The molecule has 8 heteroatoms. The maximum Gasteiger partial charge on any atom is 0.295 e. The minimum atomic E-state index is -3.90. The van der Waals surface area contributed by atoms with E-state index in [0.29, 0.717) is 22.0 Å². The van der Waals surface area contributed by atoms with Crippen molar-refractivity contribution in [3.05, 3.63) is 83.6 Å². The average Bonchev–Trinajstić information content (AvgIpc) is 3.13. The summed E-state index contributed by atoms with van der Waals surface area (Å²) in [5.41, 5.74) is 1.95. The quantitative estimate of drug-likeness (QED) is 0.404. The monoisotopic (exact) mass is 430 g/mol. The number of anilines is 1. The predicted molar refractivity (Wildman–Crippen MR) is 112 cm³/mol. The number of rotatable bonds is 6. The third kappa shape index (κ3) is 4.16. The fourth-order valence-electron chi connectivity index (χ4n) is 2.64. The molecule has 2 aromatic carbocycles. The van der Waals surface area contributed by atoms with E-state index in [2.05, 4.69) is 9.71 Å². The second kappa shape index (κ2) is 7.87. The molecule has 0 radical (unpaired) electrons. The molecular formula is C20H15ClN2O3S2. The van der Waals surface area contributed by atoms with Crippen LogP contribution in [0.5, 0.6) is 0 Å². The summed E-state index contributed by atoms with van der Waals surface area (Å²) in [5, 5.41) is 1.02. The molecule has 5 nitrogen and oxygen atoms in total. The van der Waals surface area contributed by atoms with E-state index in [9.17, 15) is 8.42 Å². The largest absolute Gasteiger partial charge is 0.443 e. The lowest BCUT2D eigenvalue weighted by Gasteiger charge is -2.12. The highest BCUT2D eigenvalue weighted by Crippen LogP contribution is 2.34. The molecule has 0 unspecified atom stereocenters. The molecule has 0 aliphatic heterocycles. The fraction of sp³-hybridized carbons (Fsp3) is 0.0500. The van der Waals surface area contributed by atoms with Crippen LogP contribution in [-0.4, -0.2) is 13.4 Å². The van der Waals surface area contributed by atoms with Crippen molar-refractivity contribution in [2.75, 3.05) is 4.72 Å². The first-order valence-corrected chi connectivity index (χ1v) is 11.2. The summed E-state index contributed by atoms with van der Waals surface area (Å²) in [6, 6.07) is 17.6. The van der Waals surface area contributed by atoms with Crippen LogP contribution in [0.15, 0.2) is 87.5 Å². The van der Waals surface area contributed by atoms with Crippen LogP contribution in [-0.2, 0) is 15.8 Å². The second-order valence-corrected chi connectivity index (χ2v) is 9.07. The van der Waals surface area contributed by atoms with Crippen LogP contribution >= 0.6 is 23.4 Å². The number of hydrogen-bond donors (Lipinski definition) is 1. The Hall–Kier alpha value is -2.48. The third-order valence-electron chi connectivity index (χ3n) is 3.97. The van der Waals surface area contributed by atoms with E-state index in [-0.39, 0.29) is 5.09 Å². The van der Waals surface area contributed by atoms with Crippen molar-refractivity contribution in [1.82, 2.24) is 4.98 Å². The Morgan fingerprint density at radius 2 is 1.93 bits per heavy atom. The first kappa shape index (κ1) is 18.9. The molecule has 2 heterocycles. The molecule has 0 aliphatic rings.